The molecule has 0 fully saturated rings. The zero-order valence-electron chi connectivity index (χ0n) is 15.9. The number of amides is 1. The Labute approximate surface area is 166 Å². The van der Waals surface area contributed by atoms with Crippen LogP contribution in [0.5, 0.6) is 0 Å². The number of aliphatic carboxylic acids is 1. The number of nitrogens with one attached hydrogen (secondary N) is 2. The summed E-state index contributed by atoms with van der Waals surface area (Å²) in [5, 5.41) is 15.4. The minimum Gasteiger partial charge on any atom is -0.480 e. The molecule has 0 aliphatic rings. The van der Waals surface area contributed by atoms with Gasteiger partial charge in [0.25, 0.3) is 0 Å². The Kier molecular flexibility index (Phi) is 8.98. The van der Waals surface area contributed by atoms with E-state index in [1.807, 2.05) is 69.3 Å². The normalized spacial score (nSPS) is 12.6. The van der Waals surface area contributed by atoms with Crippen LogP contribution in [0.15, 0.2) is 48.5 Å². The first-order valence-corrected chi connectivity index (χ1v) is 8.84. The second-order valence-corrected chi connectivity index (χ2v) is 6.50. The number of benzene rings is 2. The van der Waals surface area contributed by atoms with Crippen LogP contribution in [0.4, 0.5) is 5.69 Å². The van der Waals surface area contributed by atoms with Gasteiger partial charge in [0.2, 0.25) is 5.91 Å². The molecule has 6 heteroatoms. The van der Waals surface area contributed by atoms with Gasteiger partial charge in [0, 0.05) is 5.69 Å². The van der Waals surface area contributed by atoms with Crippen molar-refractivity contribution in [3.8, 4) is 0 Å². The van der Waals surface area contributed by atoms with Gasteiger partial charge in [-0.25, -0.2) is 0 Å². The zero-order valence-corrected chi connectivity index (χ0v) is 16.7. The average Bonchev–Trinajstić information content (AvgIpc) is 2.62. The van der Waals surface area contributed by atoms with Crippen molar-refractivity contribution in [3.63, 3.8) is 0 Å². The van der Waals surface area contributed by atoms with Gasteiger partial charge in [-0.3, -0.25) is 14.9 Å². The van der Waals surface area contributed by atoms with Crippen LogP contribution in [0.1, 0.15) is 42.5 Å². The Bertz CT molecular complexity index is 765. The Hall–Kier alpha value is -2.37. The Morgan fingerprint density at radius 2 is 1.74 bits per heavy atom. The highest BCUT2D eigenvalue weighted by Crippen LogP contribution is 2.21. The molecule has 2 aromatic rings. The van der Waals surface area contributed by atoms with E-state index in [4.69, 9.17) is 0 Å². The van der Waals surface area contributed by atoms with Crippen LogP contribution in [-0.4, -0.2) is 23.0 Å². The number of carbonyl (C=O) groups excluding carboxylic acids is 1. The molecule has 2 unspecified atom stereocenters. The molecule has 0 saturated heterocycles. The van der Waals surface area contributed by atoms with Crippen molar-refractivity contribution in [2.75, 3.05) is 5.32 Å². The lowest BCUT2D eigenvalue weighted by Crippen LogP contribution is -2.43. The molecule has 2 aromatic carbocycles. The molecule has 0 aliphatic heterocycles. The summed E-state index contributed by atoms with van der Waals surface area (Å²) >= 11 is 0. The predicted molar refractivity (Wildman–Crippen MR) is 110 cm³/mol. The summed E-state index contributed by atoms with van der Waals surface area (Å²) in [6, 6.07) is 13.5. The summed E-state index contributed by atoms with van der Waals surface area (Å²) < 4.78 is 0. The fourth-order valence-electron chi connectivity index (χ4n) is 2.81. The maximum atomic E-state index is 13.0. The van der Waals surface area contributed by atoms with Gasteiger partial charge in [-0.2, -0.15) is 0 Å². The number of halogens is 1. The Morgan fingerprint density at radius 3 is 2.33 bits per heavy atom. The third-order valence-corrected chi connectivity index (χ3v) is 4.29. The lowest BCUT2D eigenvalue weighted by molar-refractivity contribution is -0.140. The molecule has 3 N–H and O–H groups in total. The molecule has 0 saturated carbocycles. The molecule has 0 radical (unpaired) electrons. The van der Waals surface area contributed by atoms with Crippen molar-refractivity contribution < 1.29 is 14.7 Å². The third kappa shape index (κ3) is 6.38. The van der Waals surface area contributed by atoms with Crippen LogP contribution in [0.25, 0.3) is 0 Å². The molecule has 146 valence electrons. The van der Waals surface area contributed by atoms with Crippen molar-refractivity contribution in [1.29, 1.82) is 0 Å². The van der Waals surface area contributed by atoms with Gasteiger partial charge in [-0.1, -0.05) is 55.8 Å². The number of rotatable bonds is 8. The van der Waals surface area contributed by atoms with E-state index in [0.29, 0.717) is 12.8 Å². The van der Waals surface area contributed by atoms with Gasteiger partial charge in [-0.15, -0.1) is 12.4 Å². The number of carbonyl (C=O) groups is 2. The first-order valence-electron chi connectivity index (χ1n) is 8.84. The second kappa shape index (κ2) is 10.7. The first-order chi connectivity index (χ1) is 12.4. The van der Waals surface area contributed by atoms with E-state index in [1.165, 1.54) is 0 Å². The van der Waals surface area contributed by atoms with Gasteiger partial charge in [0.1, 0.15) is 12.1 Å². The summed E-state index contributed by atoms with van der Waals surface area (Å²) in [6.07, 6.45) is 1.17. The van der Waals surface area contributed by atoms with Crippen molar-refractivity contribution in [2.45, 2.75) is 45.7 Å². The number of carboxylic acid groups (broad SMARTS) is 1. The van der Waals surface area contributed by atoms with Crippen LogP contribution in [-0.2, 0) is 9.59 Å². The Morgan fingerprint density at radius 1 is 1.07 bits per heavy atom. The molecule has 0 aliphatic carbocycles. The number of hydrogen-bond acceptors (Lipinski definition) is 3. The molecule has 0 aromatic heterocycles. The molecule has 2 rings (SSSR count). The highest BCUT2D eigenvalue weighted by molar-refractivity contribution is 5.96. The quantitative estimate of drug-likeness (QED) is 0.629. The van der Waals surface area contributed by atoms with Crippen LogP contribution in [0.2, 0.25) is 0 Å². The lowest BCUT2D eigenvalue weighted by atomic mass is 10.0. The number of anilines is 1. The molecule has 2 atom stereocenters. The summed E-state index contributed by atoms with van der Waals surface area (Å²) in [4.78, 5) is 24.5. The maximum Gasteiger partial charge on any atom is 0.320 e. The van der Waals surface area contributed by atoms with E-state index in [9.17, 15) is 14.7 Å². The fourth-order valence-corrected chi connectivity index (χ4v) is 2.81. The van der Waals surface area contributed by atoms with Crippen molar-refractivity contribution >= 4 is 30.0 Å². The molecule has 0 heterocycles. The maximum absolute atomic E-state index is 13.0. The summed E-state index contributed by atoms with van der Waals surface area (Å²) in [7, 11) is 0. The summed E-state index contributed by atoms with van der Waals surface area (Å²) in [5.74, 6) is -1.22. The van der Waals surface area contributed by atoms with Crippen LogP contribution in [0, 0.1) is 13.8 Å². The molecule has 1 amide bonds. The molecular formula is C21H27ClN2O3. The van der Waals surface area contributed by atoms with Gasteiger partial charge >= 0.3 is 5.97 Å². The molecular weight excluding hydrogens is 364 g/mol. The highest BCUT2D eigenvalue weighted by atomic mass is 35.5. The topological polar surface area (TPSA) is 78.4 Å². The van der Waals surface area contributed by atoms with Crippen LogP contribution >= 0.6 is 12.4 Å². The van der Waals surface area contributed by atoms with E-state index >= 15 is 0 Å². The van der Waals surface area contributed by atoms with E-state index in [-0.39, 0.29) is 18.3 Å². The zero-order chi connectivity index (χ0) is 19.1. The molecule has 0 spiro atoms. The first kappa shape index (κ1) is 22.7. The van der Waals surface area contributed by atoms with Crippen LogP contribution in [0.3, 0.4) is 0 Å². The summed E-state index contributed by atoms with van der Waals surface area (Å²) in [6.45, 7) is 5.81. The van der Waals surface area contributed by atoms with E-state index < -0.39 is 18.1 Å². The van der Waals surface area contributed by atoms with Gasteiger partial charge < -0.3 is 10.4 Å². The van der Waals surface area contributed by atoms with E-state index in [2.05, 4.69) is 10.6 Å². The predicted octanol–water partition coefficient (Wildman–Crippen LogP) is 4.25. The van der Waals surface area contributed by atoms with Gasteiger partial charge in [0.05, 0.1) is 0 Å². The lowest BCUT2D eigenvalue weighted by Gasteiger charge is -2.23. The van der Waals surface area contributed by atoms with Crippen molar-refractivity contribution in [3.05, 3.63) is 65.2 Å². The van der Waals surface area contributed by atoms with Gasteiger partial charge in [-0.05, 0) is 43.0 Å². The highest BCUT2D eigenvalue weighted by Gasteiger charge is 2.27. The van der Waals surface area contributed by atoms with Gasteiger partial charge in [0.15, 0.2) is 0 Å². The van der Waals surface area contributed by atoms with Crippen molar-refractivity contribution in [2.24, 2.45) is 0 Å². The minimum absolute atomic E-state index is 0. The monoisotopic (exact) mass is 390 g/mol. The Balaban J connectivity index is 0.00000364. The smallest absolute Gasteiger partial charge is 0.320 e. The fraction of sp³-hybridized carbons (Fsp3) is 0.333. The number of carboxylic acids is 1. The minimum atomic E-state index is -0.952. The third-order valence-electron chi connectivity index (χ3n) is 4.29. The van der Waals surface area contributed by atoms with E-state index in [1.54, 1.807) is 0 Å². The van der Waals surface area contributed by atoms with Crippen LogP contribution < -0.4 is 10.6 Å². The number of aryl methyl sites for hydroxylation is 2. The van der Waals surface area contributed by atoms with Crippen molar-refractivity contribution in [1.82, 2.24) is 5.32 Å². The second-order valence-electron chi connectivity index (χ2n) is 6.50. The standard InChI is InChI=1S/C21H26N2O3.ClH/c1-4-8-17(21(25)26)22-19(16-9-6-5-7-10-16)20(24)23-18-13-14(2)11-12-15(18)3;/h5-7,9-13,17,19,22H,4,8H2,1-3H3,(H,23,24)(H,25,26);1H. The largest absolute Gasteiger partial charge is 0.480 e. The van der Waals surface area contributed by atoms with E-state index in [0.717, 1.165) is 22.4 Å². The molecule has 0 bridgehead atoms. The summed E-state index contributed by atoms with van der Waals surface area (Å²) in [5.41, 5.74) is 3.47. The average molecular weight is 391 g/mol. The molecule has 27 heavy (non-hydrogen) atoms. The SMILES string of the molecule is CCCC(NC(C(=O)Nc1cc(C)ccc1C)c1ccccc1)C(=O)O.Cl. The number of hydrogen-bond donors (Lipinski definition) is 3. The molecule has 5 nitrogen and oxygen atoms in total.